The number of rotatable bonds is 4. The number of aryl methyl sites for hydroxylation is 1. The first-order chi connectivity index (χ1) is 11.8. The lowest BCUT2D eigenvalue weighted by Crippen LogP contribution is -2.36. The monoisotopic (exact) mass is 361 g/mol. The summed E-state index contributed by atoms with van der Waals surface area (Å²) in [6.45, 7) is 9.96. The Bertz CT molecular complexity index is 745. The molecule has 25 heavy (non-hydrogen) atoms. The summed E-state index contributed by atoms with van der Waals surface area (Å²) in [5.74, 6) is 0.176. The Morgan fingerprint density at radius 3 is 2.80 bits per heavy atom. The van der Waals surface area contributed by atoms with E-state index in [9.17, 15) is 4.79 Å². The Labute approximate surface area is 153 Å². The predicted octanol–water partition coefficient (Wildman–Crippen LogP) is 2.35. The van der Waals surface area contributed by atoms with E-state index in [1.54, 1.807) is 16.0 Å². The summed E-state index contributed by atoms with van der Waals surface area (Å²) < 4.78 is 1.79. The molecule has 3 heterocycles. The van der Waals surface area contributed by atoms with Gasteiger partial charge in [-0.1, -0.05) is 20.8 Å². The van der Waals surface area contributed by atoms with Crippen LogP contribution in [0.25, 0.3) is 0 Å². The van der Waals surface area contributed by atoms with Crippen LogP contribution in [0.1, 0.15) is 55.9 Å². The molecule has 3 atom stereocenters. The fourth-order valence-electron chi connectivity index (χ4n) is 3.15. The van der Waals surface area contributed by atoms with Crippen LogP contribution < -0.4 is 10.6 Å². The number of hydrogen-bond donors (Lipinski definition) is 2. The molecule has 0 spiro atoms. The summed E-state index contributed by atoms with van der Waals surface area (Å²) in [6.07, 6.45) is 3.86. The molecule has 0 bridgehead atoms. The van der Waals surface area contributed by atoms with Gasteiger partial charge in [0.1, 0.15) is 5.01 Å². The van der Waals surface area contributed by atoms with Crippen molar-refractivity contribution in [2.24, 2.45) is 13.0 Å². The van der Waals surface area contributed by atoms with Crippen LogP contribution >= 0.6 is 11.3 Å². The van der Waals surface area contributed by atoms with Crippen molar-refractivity contribution in [1.29, 1.82) is 0 Å². The fraction of sp³-hybridized carbons (Fsp3) is 0.611. The number of carbonyl (C=O) groups is 1. The molecule has 0 aromatic carbocycles. The fourth-order valence-corrected chi connectivity index (χ4v) is 4.20. The van der Waals surface area contributed by atoms with Crippen LogP contribution in [0.5, 0.6) is 0 Å². The van der Waals surface area contributed by atoms with E-state index in [1.807, 2.05) is 26.4 Å². The van der Waals surface area contributed by atoms with E-state index in [4.69, 9.17) is 4.98 Å². The summed E-state index contributed by atoms with van der Waals surface area (Å²) in [5, 5.41) is 13.8. The molecule has 7 heteroatoms. The van der Waals surface area contributed by atoms with E-state index in [1.165, 1.54) is 0 Å². The Hall–Kier alpha value is -1.73. The molecule has 1 fully saturated rings. The van der Waals surface area contributed by atoms with Gasteiger partial charge in [0.05, 0.1) is 23.9 Å². The molecule has 2 aromatic rings. The van der Waals surface area contributed by atoms with Crippen LogP contribution in [0, 0.1) is 5.92 Å². The second kappa shape index (κ2) is 6.88. The van der Waals surface area contributed by atoms with Gasteiger partial charge in [0, 0.05) is 43.0 Å². The zero-order valence-electron chi connectivity index (χ0n) is 15.5. The minimum atomic E-state index is -0.0799. The molecule has 6 nitrogen and oxygen atoms in total. The van der Waals surface area contributed by atoms with Crippen molar-refractivity contribution in [3.05, 3.63) is 34.0 Å². The standard InChI is InChI=1S/C18H27N5OS/c1-11(17-22-15(10-25-17)18(2,3)4)21-16(24)14-8-19-7-13(14)12-6-20-23(5)9-12/h6,9-11,13-14,19H,7-8H2,1-5H3,(H,21,24)/t11?,13-,14+/m1/s1. The van der Waals surface area contributed by atoms with E-state index in [0.717, 1.165) is 22.8 Å². The first-order valence-corrected chi connectivity index (χ1v) is 9.59. The van der Waals surface area contributed by atoms with Gasteiger partial charge in [-0.2, -0.15) is 5.10 Å². The van der Waals surface area contributed by atoms with Crippen molar-refractivity contribution in [2.45, 2.75) is 45.1 Å². The number of aromatic nitrogens is 3. The first kappa shape index (κ1) is 18.1. The van der Waals surface area contributed by atoms with Crippen molar-refractivity contribution < 1.29 is 4.79 Å². The summed E-state index contributed by atoms with van der Waals surface area (Å²) in [4.78, 5) is 17.5. The zero-order chi connectivity index (χ0) is 18.2. The summed E-state index contributed by atoms with van der Waals surface area (Å²) in [6, 6.07) is -0.0799. The number of hydrogen-bond acceptors (Lipinski definition) is 5. The van der Waals surface area contributed by atoms with E-state index in [0.29, 0.717) is 6.54 Å². The summed E-state index contributed by atoms with van der Waals surface area (Å²) >= 11 is 1.61. The van der Waals surface area contributed by atoms with Gasteiger partial charge >= 0.3 is 0 Å². The molecule has 1 saturated heterocycles. The third-order valence-electron chi connectivity index (χ3n) is 4.72. The van der Waals surface area contributed by atoms with Gasteiger partial charge in [-0.15, -0.1) is 11.3 Å². The smallest absolute Gasteiger partial charge is 0.225 e. The maximum atomic E-state index is 12.8. The van der Waals surface area contributed by atoms with Crippen molar-refractivity contribution in [3.63, 3.8) is 0 Å². The van der Waals surface area contributed by atoms with Crippen LogP contribution in [0.2, 0.25) is 0 Å². The molecule has 0 radical (unpaired) electrons. The minimum Gasteiger partial charge on any atom is -0.347 e. The molecule has 1 unspecified atom stereocenters. The molecule has 1 aliphatic rings. The van der Waals surface area contributed by atoms with Crippen LogP contribution in [0.4, 0.5) is 0 Å². The van der Waals surface area contributed by atoms with Crippen LogP contribution in [0.15, 0.2) is 17.8 Å². The van der Waals surface area contributed by atoms with Gasteiger partial charge in [-0.05, 0) is 12.5 Å². The quantitative estimate of drug-likeness (QED) is 0.877. The van der Waals surface area contributed by atoms with Gasteiger partial charge < -0.3 is 10.6 Å². The molecule has 2 aromatic heterocycles. The maximum absolute atomic E-state index is 12.8. The second-order valence-corrected chi connectivity index (χ2v) is 8.76. The van der Waals surface area contributed by atoms with Crippen LogP contribution in [-0.4, -0.2) is 33.8 Å². The minimum absolute atomic E-state index is 0.0270. The van der Waals surface area contributed by atoms with E-state index < -0.39 is 0 Å². The highest BCUT2D eigenvalue weighted by Crippen LogP contribution is 2.30. The normalized spacial score (nSPS) is 22.1. The highest BCUT2D eigenvalue weighted by atomic mass is 32.1. The van der Waals surface area contributed by atoms with Crippen molar-refractivity contribution in [3.8, 4) is 0 Å². The first-order valence-electron chi connectivity index (χ1n) is 8.71. The average molecular weight is 362 g/mol. The second-order valence-electron chi connectivity index (χ2n) is 7.87. The molecule has 2 N–H and O–H groups in total. The van der Waals surface area contributed by atoms with Gasteiger partial charge in [0.2, 0.25) is 5.91 Å². The van der Waals surface area contributed by atoms with Crippen molar-refractivity contribution >= 4 is 17.2 Å². The van der Waals surface area contributed by atoms with Gasteiger partial charge in [-0.25, -0.2) is 4.98 Å². The number of nitrogens with zero attached hydrogens (tertiary/aromatic N) is 3. The van der Waals surface area contributed by atoms with Gasteiger partial charge in [0.25, 0.3) is 0 Å². The number of amides is 1. The molecular weight excluding hydrogens is 334 g/mol. The Morgan fingerprint density at radius 1 is 1.44 bits per heavy atom. The van der Waals surface area contributed by atoms with E-state index >= 15 is 0 Å². The molecule has 136 valence electrons. The Morgan fingerprint density at radius 2 is 2.20 bits per heavy atom. The Kier molecular flexibility index (Phi) is 4.97. The predicted molar refractivity (Wildman–Crippen MR) is 99.7 cm³/mol. The molecule has 1 amide bonds. The van der Waals surface area contributed by atoms with Gasteiger partial charge in [-0.3, -0.25) is 9.48 Å². The Balaban J connectivity index is 1.67. The van der Waals surface area contributed by atoms with Crippen molar-refractivity contribution in [2.75, 3.05) is 13.1 Å². The number of carbonyl (C=O) groups excluding carboxylic acids is 1. The molecule has 3 rings (SSSR count). The van der Waals surface area contributed by atoms with E-state index in [-0.39, 0.29) is 29.2 Å². The highest BCUT2D eigenvalue weighted by Gasteiger charge is 2.35. The lowest BCUT2D eigenvalue weighted by molar-refractivity contribution is -0.125. The van der Waals surface area contributed by atoms with Gasteiger partial charge in [0.15, 0.2) is 0 Å². The summed E-state index contributed by atoms with van der Waals surface area (Å²) in [5.41, 5.74) is 2.22. The lowest BCUT2D eigenvalue weighted by atomic mass is 9.90. The molecule has 0 aliphatic carbocycles. The average Bonchev–Trinajstić information content (AvgIpc) is 3.26. The van der Waals surface area contributed by atoms with Crippen molar-refractivity contribution in [1.82, 2.24) is 25.4 Å². The third-order valence-corrected chi connectivity index (χ3v) is 5.75. The maximum Gasteiger partial charge on any atom is 0.225 e. The zero-order valence-corrected chi connectivity index (χ0v) is 16.4. The topological polar surface area (TPSA) is 71.8 Å². The largest absolute Gasteiger partial charge is 0.347 e. The third kappa shape index (κ3) is 3.93. The highest BCUT2D eigenvalue weighted by molar-refractivity contribution is 7.09. The number of nitrogens with one attached hydrogen (secondary N) is 2. The molecular formula is C18H27N5OS. The molecule has 1 aliphatic heterocycles. The van der Waals surface area contributed by atoms with E-state index in [2.05, 4.69) is 41.9 Å². The van der Waals surface area contributed by atoms with Crippen LogP contribution in [0.3, 0.4) is 0 Å². The lowest BCUT2D eigenvalue weighted by Gasteiger charge is -2.20. The summed E-state index contributed by atoms with van der Waals surface area (Å²) in [7, 11) is 1.90. The SMILES string of the molecule is CC(NC(=O)[C@H]1CNC[C@@H]1c1cnn(C)c1)c1nc(C(C)(C)C)cs1. The molecule has 0 saturated carbocycles. The van der Waals surface area contributed by atoms with Crippen LogP contribution in [-0.2, 0) is 17.3 Å². The number of thiazole rings is 1.